The first-order valence-corrected chi connectivity index (χ1v) is 9.62. The third-order valence-electron chi connectivity index (χ3n) is 4.18. The van der Waals surface area contributed by atoms with E-state index >= 15 is 0 Å². The van der Waals surface area contributed by atoms with Gasteiger partial charge in [0.15, 0.2) is 0 Å². The number of aromatic amines is 1. The number of hydrogen-bond donors (Lipinski definition) is 7. The maximum atomic E-state index is 12.8. The third-order valence-corrected chi connectivity index (χ3v) is 4.18. The van der Waals surface area contributed by atoms with E-state index in [1.807, 2.05) is 13.8 Å². The summed E-state index contributed by atoms with van der Waals surface area (Å²) < 4.78 is 0. The van der Waals surface area contributed by atoms with Crippen molar-refractivity contribution < 1.29 is 29.1 Å². The Morgan fingerprint density at radius 1 is 1.06 bits per heavy atom. The number of carbonyl (C=O) groups excluding carboxylic acids is 4. The second-order valence-corrected chi connectivity index (χ2v) is 7.37. The molecule has 1 aromatic rings. The topological polar surface area (TPSA) is 222 Å². The molecule has 31 heavy (non-hydrogen) atoms. The summed E-state index contributed by atoms with van der Waals surface area (Å²) in [6.07, 6.45) is 2.44. The summed E-state index contributed by atoms with van der Waals surface area (Å²) in [6, 6.07) is -3.73. The lowest BCUT2D eigenvalue weighted by atomic mass is 10.0. The number of rotatable bonds is 13. The monoisotopic (exact) mass is 439 g/mol. The molecular weight excluding hydrogens is 410 g/mol. The molecule has 3 atom stereocenters. The number of nitrogens with one attached hydrogen (secondary N) is 4. The summed E-state index contributed by atoms with van der Waals surface area (Å²) in [5.41, 5.74) is 10.8. The molecule has 0 fully saturated rings. The number of H-pyrrole nitrogens is 1. The zero-order valence-electron chi connectivity index (χ0n) is 17.4. The Morgan fingerprint density at radius 3 is 2.16 bits per heavy atom. The number of carbonyl (C=O) groups is 5. The summed E-state index contributed by atoms with van der Waals surface area (Å²) in [7, 11) is 0. The number of carboxylic acids is 1. The average molecular weight is 439 g/mol. The fourth-order valence-electron chi connectivity index (χ4n) is 2.73. The van der Waals surface area contributed by atoms with Gasteiger partial charge in [0.05, 0.1) is 19.3 Å². The van der Waals surface area contributed by atoms with Gasteiger partial charge in [0.25, 0.3) is 0 Å². The number of aromatic nitrogens is 2. The van der Waals surface area contributed by atoms with Crippen molar-refractivity contribution in [2.75, 3.05) is 6.54 Å². The number of nitrogens with zero attached hydrogens (tertiary/aromatic N) is 1. The Balaban J connectivity index is 3.03. The highest BCUT2D eigenvalue weighted by atomic mass is 16.4. The van der Waals surface area contributed by atoms with Crippen LogP contribution in [0, 0.1) is 5.92 Å². The van der Waals surface area contributed by atoms with Gasteiger partial charge in [-0.3, -0.25) is 19.2 Å². The second kappa shape index (κ2) is 12.3. The number of aliphatic carboxylic acids is 1. The van der Waals surface area contributed by atoms with Crippen LogP contribution in [0.3, 0.4) is 0 Å². The quantitative estimate of drug-likeness (QED) is 0.172. The highest BCUT2D eigenvalue weighted by Gasteiger charge is 2.30. The van der Waals surface area contributed by atoms with Gasteiger partial charge < -0.3 is 37.5 Å². The lowest BCUT2D eigenvalue weighted by Gasteiger charge is -2.25. The molecule has 0 saturated carbocycles. The minimum absolute atomic E-state index is 0.0419. The van der Waals surface area contributed by atoms with Gasteiger partial charge in [0.1, 0.15) is 18.1 Å². The molecule has 0 aliphatic carbocycles. The van der Waals surface area contributed by atoms with Crippen molar-refractivity contribution in [1.82, 2.24) is 25.9 Å². The summed E-state index contributed by atoms with van der Waals surface area (Å²) in [5.74, 6) is -4.35. The van der Waals surface area contributed by atoms with Crippen molar-refractivity contribution in [3.8, 4) is 0 Å². The first-order chi connectivity index (χ1) is 14.5. The Labute approximate surface area is 178 Å². The molecule has 0 aliphatic heterocycles. The molecule has 172 valence electrons. The zero-order valence-corrected chi connectivity index (χ0v) is 17.4. The van der Waals surface area contributed by atoms with Crippen molar-refractivity contribution in [2.24, 2.45) is 17.4 Å². The number of primary amides is 1. The summed E-state index contributed by atoms with van der Waals surface area (Å²) in [4.78, 5) is 66.3. The van der Waals surface area contributed by atoms with Crippen LogP contribution < -0.4 is 27.4 Å². The molecule has 13 heteroatoms. The SMILES string of the molecule is CC(C)CC(NC(=O)CN)C(=O)NC(Cc1cnc[nH]1)C(=O)NC(CC(N)=O)C(=O)O. The predicted octanol–water partition coefficient (Wildman–Crippen LogP) is -2.63. The lowest BCUT2D eigenvalue weighted by Crippen LogP contribution is -2.57. The maximum absolute atomic E-state index is 12.8. The van der Waals surface area contributed by atoms with Gasteiger partial charge >= 0.3 is 5.97 Å². The van der Waals surface area contributed by atoms with Crippen molar-refractivity contribution >= 4 is 29.6 Å². The normalized spacial score (nSPS) is 13.7. The standard InChI is InChI=1S/C18H29N7O6/c1-9(2)3-11(23-15(27)6-19)16(28)24-12(4-10-7-21-8-22-10)17(29)25-13(18(30)31)5-14(20)26/h7-9,11-13H,3-6,19H2,1-2H3,(H2,20,26)(H,21,22)(H,23,27)(H,24,28)(H,25,29)(H,30,31). The number of imidazole rings is 1. The van der Waals surface area contributed by atoms with Gasteiger partial charge in [-0.1, -0.05) is 13.8 Å². The molecule has 3 unspecified atom stereocenters. The van der Waals surface area contributed by atoms with Gasteiger partial charge in [0.2, 0.25) is 23.6 Å². The fourth-order valence-corrected chi connectivity index (χ4v) is 2.73. The molecule has 1 rings (SSSR count). The Morgan fingerprint density at radius 2 is 1.68 bits per heavy atom. The van der Waals surface area contributed by atoms with Crippen LogP contribution in [0.2, 0.25) is 0 Å². The second-order valence-electron chi connectivity index (χ2n) is 7.37. The number of amides is 4. The molecule has 13 nitrogen and oxygen atoms in total. The van der Waals surface area contributed by atoms with Gasteiger partial charge in [0, 0.05) is 18.3 Å². The van der Waals surface area contributed by atoms with Crippen LogP contribution >= 0.6 is 0 Å². The molecule has 9 N–H and O–H groups in total. The summed E-state index contributed by atoms with van der Waals surface area (Å²) >= 11 is 0. The number of nitrogens with two attached hydrogens (primary N) is 2. The van der Waals surface area contributed by atoms with Crippen molar-refractivity contribution in [1.29, 1.82) is 0 Å². The van der Waals surface area contributed by atoms with Gasteiger partial charge in [-0.05, 0) is 12.3 Å². The average Bonchev–Trinajstić information content (AvgIpc) is 3.18. The van der Waals surface area contributed by atoms with Crippen LogP contribution in [0.4, 0.5) is 0 Å². The van der Waals surface area contributed by atoms with E-state index in [0.29, 0.717) is 5.69 Å². The van der Waals surface area contributed by atoms with Crippen molar-refractivity contribution in [3.63, 3.8) is 0 Å². The highest BCUT2D eigenvalue weighted by molar-refractivity contribution is 5.94. The van der Waals surface area contributed by atoms with E-state index in [4.69, 9.17) is 11.5 Å². The van der Waals surface area contributed by atoms with Gasteiger partial charge in [-0.2, -0.15) is 0 Å². The van der Waals surface area contributed by atoms with Gasteiger partial charge in [-0.15, -0.1) is 0 Å². The van der Waals surface area contributed by atoms with Crippen LogP contribution in [0.5, 0.6) is 0 Å². The molecule has 4 amide bonds. The zero-order chi connectivity index (χ0) is 23.6. The molecule has 1 heterocycles. The maximum Gasteiger partial charge on any atom is 0.326 e. The van der Waals surface area contributed by atoms with Crippen LogP contribution in [0.1, 0.15) is 32.4 Å². The predicted molar refractivity (Wildman–Crippen MR) is 108 cm³/mol. The van der Waals surface area contributed by atoms with E-state index in [-0.39, 0.29) is 25.3 Å². The molecule has 0 spiro atoms. The minimum Gasteiger partial charge on any atom is -0.480 e. The first-order valence-electron chi connectivity index (χ1n) is 9.62. The Bertz CT molecular complexity index is 780. The summed E-state index contributed by atoms with van der Waals surface area (Å²) in [5, 5.41) is 16.4. The van der Waals surface area contributed by atoms with Crippen molar-refractivity contribution in [2.45, 2.75) is 51.2 Å². The Kier molecular flexibility index (Phi) is 10.1. The van der Waals surface area contributed by atoms with Crippen LogP contribution in [0.25, 0.3) is 0 Å². The number of hydrogen-bond acceptors (Lipinski definition) is 7. The molecule has 0 saturated heterocycles. The lowest BCUT2D eigenvalue weighted by molar-refractivity contribution is -0.143. The molecule has 0 radical (unpaired) electrons. The molecule has 0 aliphatic rings. The smallest absolute Gasteiger partial charge is 0.326 e. The fraction of sp³-hybridized carbons (Fsp3) is 0.556. The Hall–Kier alpha value is -3.48. The third kappa shape index (κ3) is 9.25. The van der Waals surface area contributed by atoms with E-state index in [1.165, 1.54) is 12.5 Å². The van der Waals surface area contributed by atoms with Crippen LogP contribution in [-0.2, 0) is 30.4 Å². The largest absolute Gasteiger partial charge is 0.480 e. The van der Waals surface area contributed by atoms with E-state index in [9.17, 15) is 29.1 Å². The first kappa shape index (κ1) is 25.6. The molecular formula is C18H29N7O6. The van der Waals surface area contributed by atoms with Crippen LogP contribution in [0.15, 0.2) is 12.5 Å². The van der Waals surface area contributed by atoms with Crippen molar-refractivity contribution in [3.05, 3.63) is 18.2 Å². The molecule has 0 aromatic carbocycles. The summed E-state index contributed by atoms with van der Waals surface area (Å²) in [6.45, 7) is 3.39. The van der Waals surface area contributed by atoms with E-state index in [1.54, 1.807) is 0 Å². The molecule has 1 aromatic heterocycles. The van der Waals surface area contributed by atoms with E-state index in [0.717, 1.165) is 0 Å². The molecule has 0 bridgehead atoms. The highest BCUT2D eigenvalue weighted by Crippen LogP contribution is 2.07. The van der Waals surface area contributed by atoms with Crippen LogP contribution in [-0.4, -0.2) is 69.3 Å². The van der Waals surface area contributed by atoms with Gasteiger partial charge in [-0.25, -0.2) is 9.78 Å². The number of carboxylic acid groups (broad SMARTS) is 1. The van der Waals surface area contributed by atoms with E-state index in [2.05, 4.69) is 25.9 Å². The minimum atomic E-state index is -1.56. The van der Waals surface area contributed by atoms with E-state index < -0.39 is 54.1 Å².